The highest BCUT2D eigenvalue weighted by atomic mass is 35.5. The molecule has 0 radical (unpaired) electrons. The quantitative estimate of drug-likeness (QED) is 0.799. The fourth-order valence-corrected chi connectivity index (χ4v) is 1.32. The Balaban J connectivity index is 2.14. The third kappa shape index (κ3) is 2.92. The van der Waals surface area contributed by atoms with Gasteiger partial charge in [-0.1, -0.05) is 11.6 Å². The molecule has 6 heteroatoms. The molecule has 1 amide bonds. The molecule has 2 rings (SSSR count). The number of rotatable bonds is 2. The Hall–Kier alpha value is -2.14. The topological polar surface area (TPSA) is 75.1 Å². The lowest BCUT2D eigenvalue weighted by molar-refractivity contribution is 0.102. The molecule has 2 aromatic rings. The molecule has 0 saturated carbocycles. The lowest BCUT2D eigenvalue weighted by Crippen LogP contribution is -2.13. The van der Waals surface area contributed by atoms with Gasteiger partial charge in [-0.25, -0.2) is 9.97 Å². The molecule has 0 atom stereocenters. The van der Waals surface area contributed by atoms with Gasteiger partial charge < -0.3 is 5.11 Å². The van der Waals surface area contributed by atoms with Crippen LogP contribution in [0.5, 0.6) is 5.75 Å². The second-order valence-electron chi connectivity index (χ2n) is 3.20. The first kappa shape index (κ1) is 11.3. The fraction of sp³-hybridized carbons (Fsp3) is 0. The van der Waals surface area contributed by atoms with Crippen molar-refractivity contribution in [3.8, 4) is 5.75 Å². The highest BCUT2D eigenvalue weighted by Crippen LogP contribution is 2.11. The van der Waals surface area contributed by atoms with Crippen LogP contribution in [0.25, 0.3) is 0 Å². The summed E-state index contributed by atoms with van der Waals surface area (Å²) in [6.07, 6.45) is 1.45. The van der Waals surface area contributed by atoms with E-state index in [1.165, 1.54) is 36.5 Å². The normalized spacial score (nSPS) is 9.94. The van der Waals surface area contributed by atoms with Crippen molar-refractivity contribution in [1.29, 1.82) is 0 Å². The zero-order chi connectivity index (χ0) is 12.3. The van der Waals surface area contributed by atoms with Crippen molar-refractivity contribution in [3.63, 3.8) is 0 Å². The van der Waals surface area contributed by atoms with E-state index in [0.29, 0.717) is 5.56 Å². The van der Waals surface area contributed by atoms with Crippen LogP contribution in [0.4, 0.5) is 5.95 Å². The first-order chi connectivity index (χ1) is 8.15. The standard InChI is InChI=1S/C11H8ClN3O2/c12-9-5-6-13-11(14-9)15-10(17)7-1-3-8(16)4-2-7/h1-6,16H,(H,13,14,15,17). The molecule has 0 bridgehead atoms. The average Bonchev–Trinajstić information content (AvgIpc) is 2.29. The minimum Gasteiger partial charge on any atom is -0.508 e. The van der Waals surface area contributed by atoms with Crippen LogP contribution in [0.3, 0.4) is 0 Å². The molecule has 1 heterocycles. The summed E-state index contributed by atoms with van der Waals surface area (Å²) in [5, 5.41) is 11.8. The van der Waals surface area contributed by atoms with Crippen molar-refractivity contribution in [2.75, 3.05) is 5.32 Å². The van der Waals surface area contributed by atoms with Gasteiger partial charge in [0, 0.05) is 11.8 Å². The summed E-state index contributed by atoms with van der Waals surface area (Å²) in [6, 6.07) is 7.35. The molecule has 1 aromatic heterocycles. The predicted molar refractivity (Wildman–Crippen MR) is 63.1 cm³/mol. The van der Waals surface area contributed by atoms with E-state index in [1.807, 2.05) is 0 Å². The number of halogens is 1. The second kappa shape index (κ2) is 4.80. The van der Waals surface area contributed by atoms with Crippen molar-refractivity contribution in [2.45, 2.75) is 0 Å². The molecule has 0 saturated heterocycles. The Morgan fingerprint density at radius 3 is 2.59 bits per heavy atom. The molecule has 0 unspecified atom stereocenters. The molecule has 0 aliphatic heterocycles. The summed E-state index contributed by atoms with van der Waals surface area (Å²) in [6.45, 7) is 0. The highest BCUT2D eigenvalue weighted by Gasteiger charge is 2.07. The van der Waals surface area contributed by atoms with Gasteiger partial charge in [-0.3, -0.25) is 10.1 Å². The van der Waals surface area contributed by atoms with E-state index < -0.39 is 0 Å². The second-order valence-corrected chi connectivity index (χ2v) is 3.59. The average molecular weight is 250 g/mol. The molecule has 0 fully saturated rings. The minimum atomic E-state index is -0.368. The lowest BCUT2D eigenvalue weighted by atomic mass is 10.2. The summed E-state index contributed by atoms with van der Waals surface area (Å²) < 4.78 is 0. The van der Waals surface area contributed by atoms with Crippen LogP contribution in [0.1, 0.15) is 10.4 Å². The number of hydrogen-bond acceptors (Lipinski definition) is 4. The van der Waals surface area contributed by atoms with Crippen LogP contribution in [0, 0.1) is 0 Å². The van der Waals surface area contributed by atoms with Gasteiger partial charge >= 0.3 is 0 Å². The maximum atomic E-state index is 11.7. The van der Waals surface area contributed by atoms with Gasteiger partial charge in [0.25, 0.3) is 5.91 Å². The Morgan fingerprint density at radius 1 is 1.24 bits per heavy atom. The van der Waals surface area contributed by atoms with E-state index in [2.05, 4.69) is 15.3 Å². The molecule has 1 aromatic carbocycles. The molecule has 0 aliphatic rings. The SMILES string of the molecule is O=C(Nc1nccc(Cl)n1)c1ccc(O)cc1. The van der Waals surface area contributed by atoms with Gasteiger partial charge in [0.05, 0.1) is 0 Å². The molecule has 0 aliphatic carbocycles. The number of phenols is 1. The lowest BCUT2D eigenvalue weighted by Gasteiger charge is -2.03. The molecular formula is C11H8ClN3O2. The molecule has 2 N–H and O–H groups in total. The first-order valence-corrected chi connectivity index (χ1v) is 5.12. The number of carbonyl (C=O) groups is 1. The van der Waals surface area contributed by atoms with E-state index in [9.17, 15) is 4.79 Å². The molecule has 86 valence electrons. The van der Waals surface area contributed by atoms with E-state index in [-0.39, 0.29) is 22.8 Å². The van der Waals surface area contributed by atoms with Crippen LogP contribution in [0.2, 0.25) is 5.15 Å². The number of amides is 1. The number of hydrogen-bond donors (Lipinski definition) is 2. The van der Waals surface area contributed by atoms with E-state index in [4.69, 9.17) is 16.7 Å². The number of phenolic OH excluding ortho intramolecular Hbond substituents is 1. The summed E-state index contributed by atoms with van der Waals surface area (Å²) in [5.41, 5.74) is 0.395. The largest absolute Gasteiger partial charge is 0.508 e. The van der Waals surface area contributed by atoms with Crippen molar-refractivity contribution in [2.24, 2.45) is 0 Å². The number of nitrogens with zero attached hydrogens (tertiary/aromatic N) is 2. The number of aromatic nitrogens is 2. The third-order valence-electron chi connectivity index (χ3n) is 1.98. The van der Waals surface area contributed by atoms with Gasteiger partial charge in [-0.05, 0) is 30.3 Å². The van der Waals surface area contributed by atoms with Gasteiger partial charge in [-0.2, -0.15) is 0 Å². The molecular weight excluding hydrogens is 242 g/mol. The minimum absolute atomic E-state index is 0.0977. The Bertz CT molecular complexity index is 543. The van der Waals surface area contributed by atoms with Crippen molar-refractivity contribution >= 4 is 23.5 Å². The Kier molecular flexibility index (Phi) is 3.20. The van der Waals surface area contributed by atoms with Gasteiger partial charge in [0.1, 0.15) is 10.9 Å². The van der Waals surface area contributed by atoms with Gasteiger partial charge in [0.15, 0.2) is 0 Å². The van der Waals surface area contributed by atoms with E-state index in [0.717, 1.165) is 0 Å². The number of carbonyl (C=O) groups excluding carboxylic acids is 1. The van der Waals surface area contributed by atoms with Gasteiger partial charge in [0.2, 0.25) is 5.95 Å². The molecule has 17 heavy (non-hydrogen) atoms. The number of anilines is 1. The third-order valence-corrected chi connectivity index (χ3v) is 2.19. The van der Waals surface area contributed by atoms with E-state index >= 15 is 0 Å². The summed E-state index contributed by atoms with van der Waals surface area (Å²) in [4.78, 5) is 19.4. The van der Waals surface area contributed by atoms with Crippen molar-refractivity contribution < 1.29 is 9.90 Å². The van der Waals surface area contributed by atoms with Crippen LogP contribution >= 0.6 is 11.6 Å². The number of nitrogens with one attached hydrogen (secondary N) is 1. The number of benzene rings is 1. The van der Waals surface area contributed by atoms with Crippen LogP contribution in [-0.4, -0.2) is 21.0 Å². The zero-order valence-corrected chi connectivity index (χ0v) is 9.35. The maximum absolute atomic E-state index is 11.7. The Morgan fingerprint density at radius 2 is 1.94 bits per heavy atom. The highest BCUT2D eigenvalue weighted by molar-refractivity contribution is 6.29. The van der Waals surface area contributed by atoms with Crippen molar-refractivity contribution in [1.82, 2.24) is 9.97 Å². The maximum Gasteiger partial charge on any atom is 0.258 e. The van der Waals surface area contributed by atoms with Crippen LogP contribution in [0.15, 0.2) is 36.5 Å². The van der Waals surface area contributed by atoms with Crippen molar-refractivity contribution in [3.05, 3.63) is 47.2 Å². The first-order valence-electron chi connectivity index (χ1n) is 4.74. The number of aromatic hydroxyl groups is 1. The summed E-state index contributed by atoms with van der Waals surface area (Å²) in [5.74, 6) is -0.136. The zero-order valence-electron chi connectivity index (χ0n) is 8.59. The molecule has 5 nitrogen and oxygen atoms in total. The van der Waals surface area contributed by atoms with Crippen LogP contribution < -0.4 is 5.32 Å². The molecule has 0 spiro atoms. The fourth-order valence-electron chi connectivity index (χ4n) is 1.18. The predicted octanol–water partition coefficient (Wildman–Crippen LogP) is 2.09. The monoisotopic (exact) mass is 249 g/mol. The smallest absolute Gasteiger partial charge is 0.258 e. The summed E-state index contributed by atoms with van der Waals surface area (Å²) >= 11 is 5.66. The Labute approximate surface area is 102 Å². The summed E-state index contributed by atoms with van der Waals surface area (Å²) in [7, 11) is 0. The van der Waals surface area contributed by atoms with Gasteiger partial charge in [-0.15, -0.1) is 0 Å². The van der Waals surface area contributed by atoms with Crippen LogP contribution in [-0.2, 0) is 0 Å². The van der Waals surface area contributed by atoms with E-state index in [1.54, 1.807) is 0 Å².